The van der Waals surface area contributed by atoms with Crippen LogP contribution >= 0.6 is 11.8 Å². The highest BCUT2D eigenvalue weighted by atomic mass is 32.2. The standard InChI is InChI=1S/C15H19NO3S/c1-2-3-11-4-6-12(7-5-11)13(17)16-15(14(18)19)8-9-20-10-15/h4-7H,2-3,8-10H2,1H3,(H,16,17)(H,18,19). The number of rotatable bonds is 5. The van der Waals surface area contributed by atoms with Crippen LogP contribution in [-0.2, 0) is 11.2 Å². The van der Waals surface area contributed by atoms with Crippen LogP contribution < -0.4 is 5.32 Å². The maximum Gasteiger partial charge on any atom is 0.330 e. The maximum absolute atomic E-state index is 12.2. The summed E-state index contributed by atoms with van der Waals surface area (Å²) < 4.78 is 0. The number of amides is 1. The Balaban J connectivity index is 2.09. The summed E-state index contributed by atoms with van der Waals surface area (Å²) >= 11 is 1.56. The SMILES string of the molecule is CCCc1ccc(C(=O)NC2(C(=O)O)CCSC2)cc1. The number of aliphatic carboxylic acids is 1. The second-order valence-electron chi connectivity index (χ2n) is 5.09. The largest absolute Gasteiger partial charge is 0.479 e. The first-order valence-electron chi connectivity index (χ1n) is 6.80. The van der Waals surface area contributed by atoms with Crippen LogP contribution in [0.1, 0.15) is 35.7 Å². The number of thioether (sulfide) groups is 1. The molecule has 1 fully saturated rings. The molecule has 0 spiro atoms. The summed E-state index contributed by atoms with van der Waals surface area (Å²) in [6.07, 6.45) is 2.52. The van der Waals surface area contributed by atoms with Gasteiger partial charge >= 0.3 is 5.97 Å². The maximum atomic E-state index is 12.2. The second-order valence-corrected chi connectivity index (χ2v) is 6.20. The lowest BCUT2D eigenvalue weighted by Crippen LogP contribution is -2.54. The molecule has 1 saturated heterocycles. The van der Waals surface area contributed by atoms with Crippen LogP contribution in [0.25, 0.3) is 0 Å². The molecule has 1 heterocycles. The van der Waals surface area contributed by atoms with E-state index in [9.17, 15) is 14.7 Å². The third kappa shape index (κ3) is 3.15. The number of carboxylic acid groups (broad SMARTS) is 1. The number of carboxylic acids is 1. The Labute approximate surface area is 123 Å². The van der Waals surface area contributed by atoms with E-state index in [1.54, 1.807) is 23.9 Å². The number of carbonyl (C=O) groups is 2. The van der Waals surface area contributed by atoms with Gasteiger partial charge in [0.2, 0.25) is 0 Å². The van der Waals surface area contributed by atoms with Crippen LogP contribution in [0.15, 0.2) is 24.3 Å². The fraction of sp³-hybridized carbons (Fsp3) is 0.467. The van der Waals surface area contributed by atoms with E-state index in [4.69, 9.17) is 0 Å². The van der Waals surface area contributed by atoms with Crippen molar-refractivity contribution in [2.45, 2.75) is 31.7 Å². The number of hydrogen-bond donors (Lipinski definition) is 2. The molecule has 108 valence electrons. The number of benzene rings is 1. The van der Waals surface area contributed by atoms with Crippen molar-refractivity contribution in [1.82, 2.24) is 5.32 Å². The summed E-state index contributed by atoms with van der Waals surface area (Å²) in [4.78, 5) is 23.6. The molecular formula is C15H19NO3S. The third-order valence-corrected chi connectivity index (χ3v) is 4.73. The molecule has 2 N–H and O–H groups in total. The Bertz CT molecular complexity index is 492. The van der Waals surface area contributed by atoms with Gasteiger partial charge in [0, 0.05) is 11.3 Å². The zero-order chi connectivity index (χ0) is 14.6. The lowest BCUT2D eigenvalue weighted by molar-refractivity contribution is -0.143. The summed E-state index contributed by atoms with van der Waals surface area (Å²) in [6, 6.07) is 7.38. The lowest BCUT2D eigenvalue weighted by atomic mass is 9.98. The van der Waals surface area contributed by atoms with E-state index in [2.05, 4.69) is 12.2 Å². The van der Waals surface area contributed by atoms with Crippen molar-refractivity contribution in [2.24, 2.45) is 0 Å². The molecule has 1 aromatic carbocycles. The highest BCUT2D eigenvalue weighted by Gasteiger charge is 2.43. The van der Waals surface area contributed by atoms with E-state index in [-0.39, 0.29) is 5.91 Å². The third-order valence-electron chi connectivity index (χ3n) is 3.54. The predicted molar refractivity (Wildman–Crippen MR) is 80.2 cm³/mol. The molecule has 1 aliphatic rings. The van der Waals surface area contributed by atoms with E-state index >= 15 is 0 Å². The van der Waals surface area contributed by atoms with Crippen molar-refractivity contribution in [3.05, 3.63) is 35.4 Å². The molecule has 1 aromatic rings. The molecule has 0 bridgehead atoms. The van der Waals surface area contributed by atoms with E-state index in [1.165, 1.54) is 5.56 Å². The summed E-state index contributed by atoms with van der Waals surface area (Å²) in [5, 5.41) is 12.0. The van der Waals surface area contributed by atoms with Crippen LogP contribution in [0, 0.1) is 0 Å². The minimum atomic E-state index is -1.11. The van der Waals surface area contributed by atoms with Gasteiger partial charge in [0.15, 0.2) is 0 Å². The van der Waals surface area contributed by atoms with Gasteiger partial charge in [-0.25, -0.2) is 4.79 Å². The quantitative estimate of drug-likeness (QED) is 0.874. The molecule has 1 atom stereocenters. The molecule has 0 radical (unpaired) electrons. The first kappa shape index (κ1) is 14.9. The van der Waals surface area contributed by atoms with Gasteiger partial charge in [0.1, 0.15) is 5.54 Å². The molecule has 4 nitrogen and oxygen atoms in total. The van der Waals surface area contributed by atoms with Crippen molar-refractivity contribution in [1.29, 1.82) is 0 Å². The molecule has 0 saturated carbocycles. The van der Waals surface area contributed by atoms with E-state index in [1.807, 2.05) is 12.1 Å². The van der Waals surface area contributed by atoms with E-state index in [0.717, 1.165) is 18.6 Å². The van der Waals surface area contributed by atoms with Gasteiger partial charge in [-0.05, 0) is 36.3 Å². The van der Waals surface area contributed by atoms with Gasteiger partial charge in [0.05, 0.1) is 0 Å². The fourth-order valence-corrected chi connectivity index (χ4v) is 3.61. The van der Waals surface area contributed by atoms with Crippen LogP contribution in [0.5, 0.6) is 0 Å². The number of hydrogen-bond acceptors (Lipinski definition) is 3. The lowest BCUT2D eigenvalue weighted by Gasteiger charge is -2.24. The van der Waals surface area contributed by atoms with Crippen molar-refractivity contribution < 1.29 is 14.7 Å². The zero-order valence-electron chi connectivity index (χ0n) is 11.5. The average Bonchev–Trinajstić information content (AvgIpc) is 2.90. The topological polar surface area (TPSA) is 66.4 Å². The fourth-order valence-electron chi connectivity index (χ4n) is 2.29. The predicted octanol–water partition coefficient (Wildman–Crippen LogP) is 2.33. The second kappa shape index (κ2) is 6.31. The molecule has 1 aliphatic heterocycles. The summed E-state index contributed by atoms with van der Waals surface area (Å²) in [5.74, 6) is -0.0549. The Morgan fingerprint density at radius 3 is 2.55 bits per heavy atom. The first-order valence-corrected chi connectivity index (χ1v) is 7.95. The van der Waals surface area contributed by atoms with Crippen LogP contribution in [-0.4, -0.2) is 34.0 Å². The van der Waals surface area contributed by atoms with Crippen molar-refractivity contribution in [2.75, 3.05) is 11.5 Å². The monoisotopic (exact) mass is 293 g/mol. The van der Waals surface area contributed by atoms with Gasteiger partial charge in [-0.2, -0.15) is 11.8 Å². The van der Waals surface area contributed by atoms with Crippen LogP contribution in [0.4, 0.5) is 0 Å². The molecule has 0 aromatic heterocycles. The average molecular weight is 293 g/mol. The molecule has 0 aliphatic carbocycles. The van der Waals surface area contributed by atoms with E-state index in [0.29, 0.717) is 17.7 Å². The van der Waals surface area contributed by atoms with E-state index < -0.39 is 11.5 Å². The Morgan fingerprint density at radius 1 is 1.35 bits per heavy atom. The molecule has 2 rings (SSSR count). The first-order chi connectivity index (χ1) is 9.57. The van der Waals surface area contributed by atoms with Crippen molar-refractivity contribution in [3.63, 3.8) is 0 Å². The zero-order valence-corrected chi connectivity index (χ0v) is 12.3. The molecule has 1 amide bonds. The van der Waals surface area contributed by atoms with Gasteiger partial charge in [-0.15, -0.1) is 0 Å². The van der Waals surface area contributed by atoms with Gasteiger partial charge in [0.25, 0.3) is 5.91 Å². The highest BCUT2D eigenvalue weighted by Crippen LogP contribution is 2.28. The number of carbonyl (C=O) groups excluding carboxylic acids is 1. The smallest absolute Gasteiger partial charge is 0.330 e. The van der Waals surface area contributed by atoms with Gasteiger partial charge in [-0.3, -0.25) is 4.79 Å². The van der Waals surface area contributed by atoms with Crippen molar-refractivity contribution >= 4 is 23.6 Å². The van der Waals surface area contributed by atoms with Crippen LogP contribution in [0.3, 0.4) is 0 Å². The summed E-state index contributed by atoms with van der Waals surface area (Å²) in [5.41, 5.74) is 0.597. The van der Waals surface area contributed by atoms with Gasteiger partial charge < -0.3 is 10.4 Å². The van der Waals surface area contributed by atoms with Gasteiger partial charge in [-0.1, -0.05) is 25.5 Å². The van der Waals surface area contributed by atoms with Crippen LogP contribution in [0.2, 0.25) is 0 Å². The molecule has 20 heavy (non-hydrogen) atoms. The minimum Gasteiger partial charge on any atom is -0.479 e. The number of nitrogens with one attached hydrogen (secondary N) is 1. The highest BCUT2D eigenvalue weighted by molar-refractivity contribution is 7.99. The van der Waals surface area contributed by atoms with Crippen molar-refractivity contribution in [3.8, 4) is 0 Å². The molecule has 5 heteroatoms. The molecule has 1 unspecified atom stereocenters. The summed E-state index contributed by atoms with van der Waals surface area (Å²) in [6.45, 7) is 2.11. The normalized spacial score (nSPS) is 21.6. The molecular weight excluding hydrogens is 274 g/mol. The summed E-state index contributed by atoms with van der Waals surface area (Å²) in [7, 11) is 0. The Kier molecular flexibility index (Phi) is 4.70. The number of aryl methyl sites for hydroxylation is 1. The Hall–Kier alpha value is -1.49. The Morgan fingerprint density at radius 2 is 2.05 bits per heavy atom. The minimum absolute atomic E-state index is 0.307.